The molecule has 0 N–H and O–H groups in total. The summed E-state index contributed by atoms with van der Waals surface area (Å²) in [7, 11) is 1.96. The maximum absolute atomic E-state index is 13.5. The maximum Gasteiger partial charge on any atom is 0.282 e. The number of carbonyl (C=O) groups excluding carboxylic acids is 1. The zero-order valence-corrected chi connectivity index (χ0v) is 17.7. The standard InChI is InChI=1S/C21H23N5O3S/c1-25-16-6-7-18-19(14(16)10-22-25)23-21(30-18)26(11-13-3-2-8-28-13)20(27)15-9-17(29-24-15)12-4-5-12/h9-10,12-13H,2-8,11H2,1H3/t13-/m1/s1. The number of anilines is 1. The largest absolute Gasteiger partial charge is 0.376 e. The van der Waals surface area contributed by atoms with Crippen molar-refractivity contribution in [2.75, 3.05) is 18.1 Å². The van der Waals surface area contributed by atoms with Crippen LogP contribution in [0.1, 0.15) is 58.4 Å². The lowest BCUT2D eigenvalue weighted by atomic mass is 10.0. The number of rotatable bonds is 5. The fraction of sp³-hybridized carbons (Fsp3) is 0.524. The fourth-order valence-electron chi connectivity index (χ4n) is 4.35. The highest BCUT2D eigenvalue weighted by molar-refractivity contribution is 7.16. The van der Waals surface area contributed by atoms with Crippen molar-refractivity contribution in [1.29, 1.82) is 0 Å². The average molecular weight is 426 g/mol. The number of aromatic nitrogens is 4. The molecule has 156 valence electrons. The van der Waals surface area contributed by atoms with E-state index in [0.29, 0.717) is 23.3 Å². The van der Waals surface area contributed by atoms with E-state index in [1.165, 1.54) is 10.6 Å². The van der Waals surface area contributed by atoms with Crippen molar-refractivity contribution in [3.63, 3.8) is 0 Å². The van der Waals surface area contributed by atoms with E-state index in [-0.39, 0.29) is 12.0 Å². The van der Waals surface area contributed by atoms with Gasteiger partial charge in [0.1, 0.15) is 5.76 Å². The summed E-state index contributed by atoms with van der Waals surface area (Å²) in [6, 6.07) is 1.80. The van der Waals surface area contributed by atoms with Gasteiger partial charge in [-0.2, -0.15) is 5.10 Å². The number of aryl methyl sites for hydroxylation is 2. The highest BCUT2D eigenvalue weighted by atomic mass is 32.1. The molecule has 2 fully saturated rings. The van der Waals surface area contributed by atoms with Crippen LogP contribution in [0.5, 0.6) is 0 Å². The van der Waals surface area contributed by atoms with Gasteiger partial charge < -0.3 is 9.26 Å². The Kier molecular flexibility index (Phi) is 4.28. The number of carbonyl (C=O) groups is 1. The topological polar surface area (TPSA) is 86.3 Å². The van der Waals surface area contributed by atoms with Crippen LogP contribution in [-0.4, -0.2) is 45.1 Å². The molecule has 9 heteroatoms. The molecule has 4 heterocycles. The number of fused-ring (bicyclic) bond motifs is 3. The molecule has 3 aromatic rings. The van der Waals surface area contributed by atoms with E-state index >= 15 is 0 Å². The first-order chi connectivity index (χ1) is 14.7. The van der Waals surface area contributed by atoms with E-state index in [2.05, 4.69) is 10.3 Å². The minimum absolute atomic E-state index is 0.0265. The first-order valence-electron chi connectivity index (χ1n) is 10.6. The normalized spacial score (nSPS) is 20.2. The Hall–Kier alpha value is -2.52. The number of thiazole rings is 1. The van der Waals surface area contributed by atoms with Crippen LogP contribution in [0, 0.1) is 0 Å². The van der Waals surface area contributed by atoms with Crippen LogP contribution in [0.3, 0.4) is 0 Å². The Bertz CT molecular complexity index is 1110. The molecule has 1 amide bonds. The molecule has 0 unspecified atom stereocenters. The molecule has 0 bridgehead atoms. The smallest absolute Gasteiger partial charge is 0.282 e. The number of hydrogen-bond donors (Lipinski definition) is 0. The first kappa shape index (κ1) is 18.3. The minimum Gasteiger partial charge on any atom is -0.376 e. The summed E-state index contributed by atoms with van der Waals surface area (Å²) in [6.07, 6.45) is 7.95. The van der Waals surface area contributed by atoms with E-state index in [1.807, 2.05) is 17.9 Å². The SMILES string of the molecule is Cn1ncc2c1CCc1sc(N(C[C@H]3CCCO3)C(=O)c3cc(C4CC4)on3)nc1-2. The summed E-state index contributed by atoms with van der Waals surface area (Å²) >= 11 is 1.59. The first-order valence-corrected chi connectivity index (χ1v) is 11.4. The Morgan fingerprint density at radius 1 is 1.33 bits per heavy atom. The van der Waals surface area contributed by atoms with Gasteiger partial charge in [0.05, 0.1) is 24.5 Å². The molecule has 30 heavy (non-hydrogen) atoms. The van der Waals surface area contributed by atoms with Crippen molar-refractivity contribution >= 4 is 22.4 Å². The van der Waals surface area contributed by atoms with Gasteiger partial charge in [-0.15, -0.1) is 11.3 Å². The quantitative estimate of drug-likeness (QED) is 0.623. The maximum atomic E-state index is 13.5. The fourth-order valence-corrected chi connectivity index (χ4v) is 5.43. The summed E-state index contributed by atoms with van der Waals surface area (Å²) in [6.45, 7) is 1.23. The van der Waals surface area contributed by atoms with Gasteiger partial charge in [0.2, 0.25) is 0 Å². The van der Waals surface area contributed by atoms with Crippen LogP contribution in [0.2, 0.25) is 0 Å². The zero-order chi connectivity index (χ0) is 20.2. The van der Waals surface area contributed by atoms with Crippen LogP contribution in [-0.2, 0) is 24.6 Å². The second-order valence-corrected chi connectivity index (χ2v) is 9.40. The number of ether oxygens (including phenoxy) is 1. The second kappa shape index (κ2) is 7.02. The minimum atomic E-state index is -0.168. The lowest BCUT2D eigenvalue weighted by Crippen LogP contribution is -2.37. The lowest BCUT2D eigenvalue weighted by molar-refractivity contribution is 0.0910. The van der Waals surface area contributed by atoms with Crippen molar-refractivity contribution in [2.45, 2.75) is 50.5 Å². The molecule has 2 aliphatic carbocycles. The zero-order valence-electron chi connectivity index (χ0n) is 16.8. The second-order valence-electron chi connectivity index (χ2n) is 8.34. The number of hydrogen-bond acceptors (Lipinski definition) is 7. The lowest BCUT2D eigenvalue weighted by Gasteiger charge is -2.22. The number of amides is 1. The molecule has 3 aromatic heterocycles. The predicted molar refractivity (Wildman–Crippen MR) is 111 cm³/mol. The molecule has 0 spiro atoms. The monoisotopic (exact) mass is 425 g/mol. The van der Waals surface area contributed by atoms with Crippen LogP contribution in [0.4, 0.5) is 5.13 Å². The van der Waals surface area contributed by atoms with E-state index in [1.54, 1.807) is 22.3 Å². The van der Waals surface area contributed by atoms with Gasteiger partial charge in [0, 0.05) is 41.8 Å². The third-order valence-corrected chi connectivity index (χ3v) is 7.34. The van der Waals surface area contributed by atoms with Gasteiger partial charge in [0.15, 0.2) is 10.8 Å². The summed E-state index contributed by atoms with van der Waals surface area (Å²) in [5, 5.41) is 9.18. The van der Waals surface area contributed by atoms with Crippen molar-refractivity contribution < 1.29 is 14.1 Å². The predicted octanol–water partition coefficient (Wildman–Crippen LogP) is 3.33. The Morgan fingerprint density at radius 2 is 2.23 bits per heavy atom. The average Bonchev–Trinajstić information content (AvgIpc) is 3.19. The van der Waals surface area contributed by atoms with Crippen molar-refractivity contribution in [3.05, 3.63) is 34.3 Å². The highest BCUT2D eigenvalue weighted by Gasteiger charge is 2.33. The van der Waals surface area contributed by atoms with Crippen LogP contribution < -0.4 is 4.90 Å². The summed E-state index contributed by atoms with van der Waals surface area (Å²) in [5.74, 6) is 1.06. The molecular weight excluding hydrogens is 402 g/mol. The summed E-state index contributed by atoms with van der Waals surface area (Å²) in [5.41, 5.74) is 3.57. The Labute approximate surface area is 177 Å². The molecule has 1 saturated heterocycles. The van der Waals surface area contributed by atoms with Crippen LogP contribution >= 0.6 is 11.3 Å². The van der Waals surface area contributed by atoms with Gasteiger partial charge >= 0.3 is 0 Å². The Morgan fingerprint density at radius 3 is 3.03 bits per heavy atom. The van der Waals surface area contributed by atoms with E-state index in [9.17, 15) is 4.79 Å². The molecular formula is C21H23N5O3S. The van der Waals surface area contributed by atoms with Crippen LogP contribution in [0.15, 0.2) is 16.8 Å². The highest BCUT2D eigenvalue weighted by Crippen LogP contribution is 2.41. The van der Waals surface area contributed by atoms with Crippen molar-refractivity contribution in [3.8, 4) is 11.3 Å². The molecule has 1 saturated carbocycles. The van der Waals surface area contributed by atoms with Gasteiger partial charge in [-0.1, -0.05) is 5.16 Å². The molecule has 3 aliphatic rings. The van der Waals surface area contributed by atoms with Gasteiger partial charge in [-0.25, -0.2) is 4.98 Å². The molecule has 6 rings (SSSR count). The van der Waals surface area contributed by atoms with E-state index in [0.717, 1.165) is 62.1 Å². The Balaban J connectivity index is 1.35. The third kappa shape index (κ3) is 3.07. The molecule has 1 atom stereocenters. The van der Waals surface area contributed by atoms with Crippen molar-refractivity contribution in [2.24, 2.45) is 7.05 Å². The molecule has 0 radical (unpaired) electrons. The van der Waals surface area contributed by atoms with E-state index in [4.69, 9.17) is 14.2 Å². The summed E-state index contributed by atoms with van der Waals surface area (Å²) in [4.78, 5) is 21.3. The van der Waals surface area contributed by atoms with Gasteiger partial charge in [0.25, 0.3) is 5.91 Å². The molecule has 8 nitrogen and oxygen atoms in total. The molecule has 1 aliphatic heterocycles. The summed E-state index contributed by atoms with van der Waals surface area (Å²) < 4.78 is 13.2. The molecule has 0 aromatic carbocycles. The third-order valence-electron chi connectivity index (χ3n) is 6.21. The van der Waals surface area contributed by atoms with E-state index < -0.39 is 0 Å². The van der Waals surface area contributed by atoms with Crippen molar-refractivity contribution in [1.82, 2.24) is 19.9 Å². The number of nitrogens with zero attached hydrogens (tertiary/aromatic N) is 5. The van der Waals surface area contributed by atoms with Gasteiger partial charge in [-0.05, 0) is 38.5 Å². The van der Waals surface area contributed by atoms with Gasteiger partial charge in [-0.3, -0.25) is 14.4 Å². The van der Waals surface area contributed by atoms with Crippen LogP contribution in [0.25, 0.3) is 11.3 Å².